The molecule has 0 saturated carbocycles. The van der Waals surface area contributed by atoms with E-state index in [0.717, 1.165) is 16.9 Å². The number of ether oxygens (including phenoxy) is 2. The largest absolute Gasteiger partial charge is 0.497 e. The first-order valence-electron chi connectivity index (χ1n) is 12.7. The third kappa shape index (κ3) is 7.27. The van der Waals surface area contributed by atoms with Gasteiger partial charge < -0.3 is 25.0 Å². The number of urea groups is 1. The first kappa shape index (κ1) is 28.6. The standard InChI is InChI=1S/C29H39N5O4/c1-19(2)17-33(28(36)30-21-13-22(37-7)15-23(14-21)38-8)18-27(35)31-26-16-25(29(4,5)6)32-34(26)24-12-10-9-11-20(24)3/h9-16,19H,17-18H2,1-8H3,(H,30,36)(H,31,35). The van der Waals surface area contributed by atoms with Crippen molar-refractivity contribution in [1.82, 2.24) is 14.7 Å². The molecule has 0 bridgehead atoms. The first-order valence-corrected chi connectivity index (χ1v) is 12.7. The average molecular weight is 522 g/mol. The average Bonchev–Trinajstić information content (AvgIpc) is 3.27. The molecule has 1 aromatic heterocycles. The van der Waals surface area contributed by atoms with Crippen LogP contribution in [0.1, 0.15) is 45.9 Å². The molecule has 3 aromatic rings. The summed E-state index contributed by atoms with van der Waals surface area (Å²) in [6, 6.07) is 14.5. The Bertz CT molecular complexity index is 1250. The van der Waals surface area contributed by atoms with Gasteiger partial charge in [-0.2, -0.15) is 5.10 Å². The number of nitrogens with zero attached hydrogens (tertiary/aromatic N) is 3. The van der Waals surface area contributed by atoms with Gasteiger partial charge in [-0.25, -0.2) is 9.48 Å². The van der Waals surface area contributed by atoms with Gasteiger partial charge in [-0.05, 0) is 24.5 Å². The number of aromatic nitrogens is 2. The number of methoxy groups -OCH3 is 2. The lowest BCUT2D eigenvalue weighted by Crippen LogP contribution is -2.42. The van der Waals surface area contributed by atoms with Crippen LogP contribution in [0.5, 0.6) is 11.5 Å². The smallest absolute Gasteiger partial charge is 0.322 e. The molecule has 0 unspecified atom stereocenters. The maximum absolute atomic E-state index is 13.3. The van der Waals surface area contributed by atoms with Gasteiger partial charge in [0.2, 0.25) is 5.91 Å². The molecule has 3 amide bonds. The number of anilines is 2. The van der Waals surface area contributed by atoms with Crippen LogP contribution in [0.15, 0.2) is 48.5 Å². The van der Waals surface area contributed by atoms with Crippen LogP contribution < -0.4 is 20.1 Å². The van der Waals surface area contributed by atoms with E-state index in [4.69, 9.17) is 14.6 Å². The van der Waals surface area contributed by atoms with E-state index in [-0.39, 0.29) is 23.8 Å². The molecule has 0 radical (unpaired) electrons. The van der Waals surface area contributed by atoms with E-state index in [1.165, 1.54) is 4.90 Å². The third-order valence-corrected chi connectivity index (χ3v) is 5.90. The maximum atomic E-state index is 13.3. The predicted molar refractivity (Wildman–Crippen MR) is 151 cm³/mol. The Morgan fingerprint density at radius 1 is 1.00 bits per heavy atom. The van der Waals surface area contributed by atoms with Crippen molar-refractivity contribution >= 4 is 23.4 Å². The normalized spacial score (nSPS) is 11.3. The minimum absolute atomic E-state index is 0.130. The van der Waals surface area contributed by atoms with Crippen LogP contribution in [0.3, 0.4) is 0 Å². The number of para-hydroxylation sites is 1. The molecule has 9 nitrogen and oxygen atoms in total. The molecule has 2 aromatic carbocycles. The van der Waals surface area contributed by atoms with E-state index in [2.05, 4.69) is 31.4 Å². The Balaban J connectivity index is 1.84. The summed E-state index contributed by atoms with van der Waals surface area (Å²) in [5.74, 6) is 1.48. The molecule has 0 atom stereocenters. The van der Waals surface area contributed by atoms with Gasteiger partial charge in [-0.1, -0.05) is 52.8 Å². The Labute approximate surface area is 225 Å². The molecule has 0 saturated heterocycles. The zero-order valence-corrected chi connectivity index (χ0v) is 23.6. The van der Waals surface area contributed by atoms with Gasteiger partial charge in [0.25, 0.3) is 0 Å². The minimum atomic E-state index is -0.396. The summed E-state index contributed by atoms with van der Waals surface area (Å²) in [6.45, 7) is 12.5. The maximum Gasteiger partial charge on any atom is 0.322 e. The second-order valence-corrected chi connectivity index (χ2v) is 10.7. The Morgan fingerprint density at radius 2 is 1.63 bits per heavy atom. The quantitative estimate of drug-likeness (QED) is 0.381. The lowest BCUT2D eigenvalue weighted by Gasteiger charge is -2.24. The van der Waals surface area contributed by atoms with E-state index < -0.39 is 6.03 Å². The summed E-state index contributed by atoms with van der Waals surface area (Å²) < 4.78 is 12.4. The summed E-state index contributed by atoms with van der Waals surface area (Å²) in [6.07, 6.45) is 0. The number of carbonyl (C=O) groups is 2. The molecule has 0 fully saturated rings. The molecule has 38 heavy (non-hydrogen) atoms. The molecule has 0 aliphatic rings. The summed E-state index contributed by atoms with van der Waals surface area (Å²) in [5, 5.41) is 10.7. The van der Waals surface area contributed by atoms with Crippen molar-refractivity contribution in [3.05, 3.63) is 59.8 Å². The highest BCUT2D eigenvalue weighted by Crippen LogP contribution is 2.28. The molecule has 0 aliphatic carbocycles. The zero-order valence-electron chi connectivity index (χ0n) is 23.6. The number of rotatable bonds is 9. The fraction of sp³-hybridized carbons (Fsp3) is 0.414. The highest BCUT2D eigenvalue weighted by molar-refractivity contribution is 5.97. The van der Waals surface area contributed by atoms with E-state index in [9.17, 15) is 9.59 Å². The molecule has 2 N–H and O–H groups in total. The van der Waals surface area contributed by atoms with Crippen molar-refractivity contribution in [3.8, 4) is 17.2 Å². The van der Waals surface area contributed by atoms with Crippen molar-refractivity contribution in [1.29, 1.82) is 0 Å². The lowest BCUT2D eigenvalue weighted by atomic mass is 9.92. The van der Waals surface area contributed by atoms with E-state index in [0.29, 0.717) is 29.5 Å². The van der Waals surface area contributed by atoms with Gasteiger partial charge in [-0.3, -0.25) is 4.79 Å². The van der Waals surface area contributed by atoms with Gasteiger partial charge in [0.05, 0.1) is 25.6 Å². The fourth-order valence-electron chi connectivity index (χ4n) is 3.92. The number of hydrogen-bond donors (Lipinski definition) is 2. The molecule has 1 heterocycles. The van der Waals surface area contributed by atoms with E-state index >= 15 is 0 Å². The third-order valence-electron chi connectivity index (χ3n) is 5.90. The number of aryl methyl sites for hydroxylation is 1. The SMILES string of the molecule is COc1cc(NC(=O)N(CC(=O)Nc2cc(C(C)(C)C)nn2-c2ccccc2C)CC(C)C)cc(OC)c1. The van der Waals surface area contributed by atoms with Crippen LogP contribution in [-0.4, -0.2) is 53.9 Å². The van der Waals surface area contributed by atoms with Crippen LogP contribution in [0.4, 0.5) is 16.3 Å². The van der Waals surface area contributed by atoms with Gasteiger partial charge >= 0.3 is 6.03 Å². The lowest BCUT2D eigenvalue weighted by molar-refractivity contribution is -0.116. The monoisotopic (exact) mass is 521 g/mol. The fourth-order valence-corrected chi connectivity index (χ4v) is 3.92. The predicted octanol–water partition coefficient (Wildman–Crippen LogP) is 5.62. The Kier molecular flexibility index (Phi) is 9.04. The van der Waals surface area contributed by atoms with Gasteiger partial charge in [0.1, 0.15) is 23.9 Å². The number of benzene rings is 2. The van der Waals surface area contributed by atoms with Gasteiger partial charge in [-0.15, -0.1) is 0 Å². The van der Waals surface area contributed by atoms with Crippen molar-refractivity contribution in [2.24, 2.45) is 5.92 Å². The molecule has 9 heteroatoms. The summed E-state index contributed by atoms with van der Waals surface area (Å²) in [4.78, 5) is 28.0. The van der Waals surface area contributed by atoms with Gasteiger partial charge in [0.15, 0.2) is 0 Å². The van der Waals surface area contributed by atoms with Crippen molar-refractivity contribution in [3.63, 3.8) is 0 Å². The Morgan fingerprint density at radius 3 is 2.18 bits per heavy atom. The Hall–Kier alpha value is -4.01. The van der Waals surface area contributed by atoms with Crippen LogP contribution in [0.25, 0.3) is 5.69 Å². The minimum Gasteiger partial charge on any atom is -0.497 e. The van der Waals surface area contributed by atoms with Gasteiger partial charge in [0, 0.05) is 41.9 Å². The molecular formula is C29H39N5O4. The zero-order chi connectivity index (χ0) is 28.0. The molecule has 204 valence electrons. The highest BCUT2D eigenvalue weighted by atomic mass is 16.5. The number of amides is 3. The molecule has 0 aliphatic heterocycles. The molecular weight excluding hydrogens is 482 g/mol. The summed E-state index contributed by atoms with van der Waals surface area (Å²) in [5.41, 5.74) is 3.05. The topological polar surface area (TPSA) is 97.7 Å². The van der Waals surface area contributed by atoms with E-state index in [1.807, 2.05) is 51.1 Å². The number of nitrogens with one attached hydrogen (secondary N) is 2. The number of carbonyl (C=O) groups excluding carboxylic acids is 2. The highest BCUT2D eigenvalue weighted by Gasteiger charge is 2.24. The van der Waals surface area contributed by atoms with Crippen molar-refractivity contribution in [2.75, 3.05) is 37.9 Å². The van der Waals surface area contributed by atoms with Crippen molar-refractivity contribution < 1.29 is 19.1 Å². The van der Waals surface area contributed by atoms with Crippen LogP contribution in [0.2, 0.25) is 0 Å². The van der Waals surface area contributed by atoms with E-state index in [1.54, 1.807) is 37.1 Å². The second kappa shape index (κ2) is 12.0. The molecule has 0 spiro atoms. The van der Waals surface area contributed by atoms with Crippen LogP contribution in [-0.2, 0) is 10.2 Å². The second-order valence-electron chi connectivity index (χ2n) is 10.7. The first-order chi connectivity index (χ1) is 17.9. The van der Waals surface area contributed by atoms with Crippen LogP contribution >= 0.6 is 0 Å². The number of hydrogen-bond acceptors (Lipinski definition) is 5. The summed E-state index contributed by atoms with van der Waals surface area (Å²) in [7, 11) is 3.09. The van der Waals surface area contributed by atoms with Crippen molar-refractivity contribution in [2.45, 2.75) is 47.0 Å². The van der Waals surface area contributed by atoms with Crippen LogP contribution in [0, 0.1) is 12.8 Å². The summed E-state index contributed by atoms with van der Waals surface area (Å²) >= 11 is 0. The molecule has 3 rings (SSSR count).